The maximum Gasteiger partial charge on any atom is 0.314 e. The van der Waals surface area contributed by atoms with Crippen LogP contribution < -0.4 is 10.6 Å². The van der Waals surface area contributed by atoms with Crippen LogP contribution in [0.25, 0.3) is 0 Å². The quantitative estimate of drug-likeness (QED) is 0.761. The Hall–Kier alpha value is -1.44. The molecule has 2 heterocycles. The van der Waals surface area contributed by atoms with Crippen molar-refractivity contribution in [3.63, 3.8) is 0 Å². The fourth-order valence-electron chi connectivity index (χ4n) is 1.50. The largest absolute Gasteiger partial charge is 0.387 e. The van der Waals surface area contributed by atoms with E-state index < -0.39 is 6.10 Å². The molecule has 2 rings (SSSR count). The summed E-state index contributed by atoms with van der Waals surface area (Å²) < 4.78 is 0. The average molecular weight is 297 g/mol. The van der Waals surface area contributed by atoms with E-state index in [9.17, 15) is 9.90 Å². The van der Waals surface area contributed by atoms with Gasteiger partial charge in [-0.1, -0.05) is 0 Å². The SMILES string of the molecule is O=C(NCCc1cscn1)NCC(O)c1ccsc1. The van der Waals surface area contributed by atoms with Crippen LogP contribution in [0.1, 0.15) is 17.4 Å². The van der Waals surface area contributed by atoms with E-state index in [1.165, 1.54) is 22.7 Å². The van der Waals surface area contributed by atoms with Crippen molar-refractivity contribution in [3.05, 3.63) is 39.0 Å². The summed E-state index contributed by atoms with van der Waals surface area (Å²) in [5, 5.41) is 20.9. The van der Waals surface area contributed by atoms with Crippen LogP contribution in [-0.2, 0) is 6.42 Å². The molecule has 0 bridgehead atoms. The second-order valence-corrected chi connectivity index (χ2v) is 5.44. The number of hydrogen-bond acceptors (Lipinski definition) is 5. The van der Waals surface area contributed by atoms with Gasteiger partial charge in [0, 0.05) is 24.9 Å². The normalized spacial score (nSPS) is 12.1. The van der Waals surface area contributed by atoms with Crippen LogP contribution in [-0.4, -0.2) is 29.2 Å². The van der Waals surface area contributed by atoms with Crippen LogP contribution >= 0.6 is 22.7 Å². The molecule has 0 aliphatic carbocycles. The van der Waals surface area contributed by atoms with Gasteiger partial charge in [0.25, 0.3) is 0 Å². The third-order valence-electron chi connectivity index (χ3n) is 2.53. The Bertz CT molecular complexity index is 485. The molecule has 1 unspecified atom stereocenters. The minimum atomic E-state index is -0.657. The van der Waals surface area contributed by atoms with Gasteiger partial charge in [0.05, 0.1) is 17.3 Å². The molecule has 0 radical (unpaired) electrons. The van der Waals surface area contributed by atoms with Crippen LogP contribution in [0.5, 0.6) is 0 Å². The van der Waals surface area contributed by atoms with Gasteiger partial charge >= 0.3 is 6.03 Å². The van der Waals surface area contributed by atoms with Crippen LogP contribution in [0.15, 0.2) is 27.7 Å². The molecular formula is C12H15N3O2S2. The van der Waals surface area contributed by atoms with Gasteiger partial charge in [0.1, 0.15) is 0 Å². The van der Waals surface area contributed by atoms with E-state index in [1.807, 2.05) is 22.2 Å². The lowest BCUT2D eigenvalue weighted by molar-refractivity contribution is 0.173. The first-order chi connectivity index (χ1) is 9.25. The smallest absolute Gasteiger partial charge is 0.314 e. The molecule has 5 nitrogen and oxygen atoms in total. The molecule has 2 amide bonds. The molecule has 0 aliphatic heterocycles. The Kier molecular flexibility index (Phi) is 5.31. The maximum absolute atomic E-state index is 11.5. The lowest BCUT2D eigenvalue weighted by Crippen LogP contribution is -2.38. The number of amides is 2. The molecule has 0 saturated heterocycles. The highest BCUT2D eigenvalue weighted by Gasteiger charge is 2.09. The number of aromatic nitrogens is 1. The molecule has 7 heteroatoms. The number of carbonyl (C=O) groups excluding carboxylic acids is 1. The van der Waals surface area contributed by atoms with Crippen LogP contribution in [0.3, 0.4) is 0 Å². The van der Waals surface area contributed by atoms with E-state index in [1.54, 1.807) is 5.51 Å². The summed E-state index contributed by atoms with van der Waals surface area (Å²) in [5.74, 6) is 0. The minimum absolute atomic E-state index is 0.208. The molecule has 2 aromatic heterocycles. The molecule has 0 saturated carbocycles. The van der Waals surface area contributed by atoms with Gasteiger partial charge in [-0.3, -0.25) is 0 Å². The van der Waals surface area contributed by atoms with Crippen molar-refractivity contribution in [1.29, 1.82) is 0 Å². The summed E-state index contributed by atoms with van der Waals surface area (Å²) in [7, 11) is 0. The third kappa shape index (κ3) is 4.62. The number of aliphatic hydroxyl groups excluding tert-OH is 1. The Morgan fingerprint density at radius 1 is 1.37 bits per heavy atom. The fraction of sp³-hybridized carbons (Fsp3) is 0.333. The van der Waals surface area contributed by atoms with E-state index in [2.05, 4.69) is 15.6 Å². The van der Waals surface area contributed by atoms with Crippen molar-refractivity contribution in [3.8, 4) is 0 Å². The third-order valence-corrected chi connectivity index (χ3v) is 3.87. The topological polar surface area (TPSA) is 74.2 Å². The first-order valence-corrected chi connectivity index (χ1v) is 7.73. The highest BCUT2D eigenvalue weighted by Crippen LogP contribution is 2.14. The lowest BCUT2D eigenvalue weighted by Gasteiger charge is -2.11. The summed E-state index contributed by atoms with van der Waals surface area (Å²) in [4.78, 5) is 15.6. The van der Waals surface area contributed by atoms with Gasteiger partial charge in [0.15, 0.2) is 0 Å². The monoisotopic (exact) mass is 297 g/mol. The first kappa shape index (κ1) is 14.0. The highest BCUT2D eigenvalue weighted by molar-refractivity contribution is 7.08. The molecule has 0 spiro atoms. The van der Waals surface area contributed by atoms with Gasteiger partial charge in [0.2, 0.25) is 0 Å². The molecular weight excluding hydrogens is 282 g/mol. The van der Waals surface area contributed by atoms with E-state index >= 15 is 0 Å². The number of nitrogens with one attached hydrogen (secondary N) is 2. The number of carbonyl (C=O) groups is 1. The summed E-state index contributed by atoms with van der Waals surface area (Å²) in [5.41, 5.74) is 3.57. The standard InChI is InChI=1S/C12H15N3O2S2/c16-11(9-2-4-18-6-9)5-14-12(17)13-3-1-10-7-19-8-15-10/h2,4,6-8,11,16H,1,3,5H2,(H2,13,14,17). The Morgan fingerprint density at radius 2 is 2.26 bits per heavy atom. The fourth-order valence-corrected chi connectivity index (χ4v) is 2.80. The van der Waals surface area contributed by atoms with Crippen molar-refractivity contribution in [2.75, 3.05) is 13.1 Å². The number of aliphatic hydroxyl groups is 1. The number of thiazole rings is 1. The zero-order valence-corrected chi connectivity index (χ0v) is 11.8. The van der Waals surface area contributed by atoms with E-state index in [0.717, 1.165) is 11.3 Å². The number of urea groups is 1. The highest BCUT2D eigenvalue weighted by atomic mass is 32.1. The Morgan fingerprint density at radius 3 is 2.95 bits per heavy atom. The second-order valence-electron chi connectivity index (χ2n) is 3.94. The Labute approximate surface area is 119 Å². The van der Waals surface area contributed by atoms with Crippen LogP contribution in [0.4, 0.5) is 4.79 Å². The number of thiophene rings is 1. The Balaban J connectivity index is 1.62. The summed E-state index contributed by atoms with van der Waals surface area (Å²) in [6.07, 6.45) is 0.0554. The molecule has 1 atom stereocenters. The minimum Gasteiger partial charge on any atom is -0.387 e. The predicted octanol–water partition coefficient (Wildman–Crippen LogP) is 1.78. The van der Waals surface area contributed by atoms with E-state index in [-0.39, 0.29) is 12.6 Å². The molecule has 0 aliphatic rings. The van der Waals surface area contributed by atoms with Crippen LogP contribution in [0, 0.1) is 0 Å². The van der Waals surface area contributed by atoms with Gasteiger partial charge < -0.3 is 15.7 Å². The molecule has 3 N–H and O–H groups in total. The number of hydrogen-bond donors (Lipinski definition) is 3. The predicted molar refractivity (Wildman–Crippen MR) is 76.5 cm³/mol. The average Bonchev–Trinajstić information content (AvgIpc) is 3.08. The van der Waals surface area contributed by atoms with Gasteiger partial charge in [-0.25, -0.2) is 9.78 Å². The molecule has 0 fully saturated rings. The van der Waals surface area contributed by atoms with Crippen molar-refractivity contribution < 1.29 is 9.90 Å². The summed E-state index contributed by atoms with van der Waals surface area (Å²) in [6.45, 7) is 0.739. The lowest BCUT2D eigenvalue weighted by atomic mass is 10.2. The zero-order chi connectivity index (χ0) is 13.5. The van der Waals surface area contributed by atoms with E-state index in [4.69, 9.17) is 0 Å². The number of nitrogens with zero attached hydrogens (tertiary/aromatic N) is 1. The van der Waals surface area contributed by atoms with Crippen LogP contribution in [0.2, 0.25) is 0 Å². The van der Waals surface area contributed by atoms with Gasteiger partial charge in [-0.2, -0.15) is 11.3 Å². The van der Waals surface area contributed by atoms with Crippen molar-refractivity contribution >= 4 is 28.7 Å². The van der Waals surface area contributed by atoms with Crippen molar-refractivity contribution in [2.45, 2.75) is 12.5 Å². The molecule has 19 heavy (non-hydrogen) atoms. The van der Waals surface area contributed by atoms with Crippen molar-refractivity contribution in [2.24, 2.45) is 0 Å². The molecule has 2 aromatic rings. The van der Waals surface area contributed by atoms with Gasteiger partial charge in [-0.15, -0.1) is 11.3 Å². The van der Waals surface area contributed by atoms with Crippen molar-refractivity contribution in [1.82, 2.24) is 15.6 Å². The second kappa shape index (κ2) is 7.22. The van der Waals surface area contributed by atoms with E-state index in [0.29, 0.717) is 13.0 Å². The first-order valence-electron chi connectivity index (χ1n) is 5.84. The summed E-state index contributed by atoms with van der Waals surface area (Å²) >= 11 is 3.06. The summed E-state index contributed by atoms with van der Waals surface area (Å²) in [6, 6.07) is 1.57. The zero-order valence-electron chi connectivity index (χ0n) is 10.2. The molecule has 102 valence electrons. The molecule has 0 aromatic carbocycles. The number of rotatable bonds is 6. The maximum atomic E-state index is 11.5. The van der Waals surface area contributed by atoms with Gasteiger partial charge in [-0.05, 0) is 22.4 Å².